The standard InChI is InChI=1S/C24H29N3O4/c1-31-21-12-6-5-11-20(21)24(30)27-16-8-15-26(17-18-27)22(28)13-7-14-25-23(29)19-9-3-2-4-10-19/h2-6,9-12H,7-8,13-18H2,1H3,(H,25,29). The molecule has 0 aliphatic carbocycles. The van der Waals surface area contributed by atoms with Gasteiger partial charge in [-0.3, -0.25) is 14.4 Å². The van der Waals surface area contributed by atoms with E-state index in [0.717, 1.165) is 6.42 Å². The first kappa shape index (κ1) is 22.3. The monoisotopic (exact) mass is 423 g/mol. The van der Waals surface area contributed by atoms with Crippen LogP contribution in [0.1, 0.15) is 40.0 Å². The summed E-state index contributed by atoms with van der Waals surface area (Å²) >= 11 is 0. The maximum Gasteiger partial charge on any atom is 0.257 e. The van der Waals surface area contributed by atoms with Crippen molar-refractivity contribution in [1.82, 2.24) is 15.1 Å². The number of para-hydroxylation sites is 1. The Hall–Kier alpha value is -3.35. The molecular formula is C24H29N3O4. The van der Waals surface area contributed by atoms with Gasteiger partial charge in [0, 0.05) is 44.7 Å². The summed E-state index contributed by atoms with van der Waals surface area (Å²) in [5, 5.41) is 2.85. The van der Waals surface area contributed by atoms with Crippen molar-refractivity contribution in [1.29, 1.82) is 0 Å². The zero-order valence-corrected chi connectivity index (χ0v) is 17.9. The molecule has 1 aliphatic heterocycles. The van der Waals surface area contributed by atoms with Crippen LogP contribution in [0.3, 0.4) is 0 Å². The molecule has 1 aliphatic rings. The SMILES string of the molecule is COc1ccccc1C(=O)N1CCCN(C(=O)CCCNC(=O)c2ccccc2)CC1. The highest BCUT2D eigenvalue weighted by Gasteiger charge is 2.24. The highest BCUT2D eigenvalue weighted by Crippen LogP contribution is 2.20. The van der Waals surface area contributed by atoms with Crippen molar-refractivity contribution in [3.05, 3.63) is 65.7 Å². The number of benzene rings is 2. The molecule has 7 nitrogen and oxygen atoms in total. The molecule has 0 unspecified atom stereocenters. The maximum absolute atomic E-state index is 12.9. The van der Waals surface area contributed by atoms with Gasteiger partial charge in [0.2, 0.25) is 5.91 Å². The van der Waals surface area contributed by atoms with Gasteiger partial charge >= 0.3 is 0 Å². The van der Waals surface area contributed by atoms with Gasteiger partial charge in [0.25, 0.3) is 11.8 Å². The van der Waals surface area contributed by atoms with Gasteiger partial charge in [-0.2, -0.15) is 0 Å². The average Bonchev–Trinajstić information content (AvgIpc) is 3.08. The van der Waals surface area contributed by atoms with Crippen LogP contribution >= 0.6 is 0 Å². The fraction of sp³-hybridized carbons (Fsp3) is 0.375. The number of hydrogen-bond donors (Lipinski definition) is 1. The summed E-state index contributed by atoms with van der Waals surface area (Å²) in [6.45, 7) is 2.69. The van der Waals surface area contributed by atoms with E-state index in [0.29, 0.717) is 62.4 Å². The molecule has 0 atom stereocenters. The van der Waals surface area contributed by atoms with E-state index in [1.54, 1.807) is 36.3 Å². The second kappa shape index (κ2) is 11.2. The van der Waals surface area contributed by atoms with Crippen LogP contribution in [-0.2, 0) is 4.79 Å². The molecular weight excluding hydrogens is 394 g/mol. The number of carbonyl (C=O) groups is 3. The van der Waals surface area contributed by atoms with E-state index in [-0.39, 0.29) is 17.7 Å². The summed E-state index contributed by atoms with van der Waals surface area (Å²) in [5.74, 6) is 0.409. The predicted molar refractivity (Wildman–Crippen MR) is 118 cm³/mol. The largest absolute Gasteiger partial charge is 0.496 e. The molecule has 7 heteroatoms. The predicted octanol–water partition coefficient (Wildman–Crippen LogP) is 2.58. The Morgan fingerprint density at radius 3 is 2.35 bits per heavy atom. The van der Waals surface area contributed by atoms with Gasteiger partial charge in [-0.25, -0.2) is 0 Å². The van der Waals surface area contributed by atoms with Gasteiger partial charge < -0.3 is 19.9 Å². The number of nitrogens with zero attached hydrogens (tertiary/aromatic N) is 2. The Labute approximate surface area is 183 Å². The summed E-state index contributed by atoms with van der Waals surface area (Å²) in [7, 11) is 1.55. The lowest BCUT2D eigenvalue weighted by molar-refractivity contribution is -0.131. The van der Waals surface area contributed by atoms with Crippen molar-refractivity contribution in [2.75, 3.05) is 39.8 Å². The minimum absolute atomic E-state index is 0.0561. The fourth-order valence-corrected chi connectivity index (χ4v) is 3.65. The fourth-order valence-electron chi connectivity index (χ4n) is 3.65. The van der Waals surface area contributed by atoms with Crippen molar-refractivity contribution < 1.29 is 19.1 Å². The molecule has 1 N–H and O–H groups in total. The van der Waals surface area contributed by atoms with E-state index >= 15 is 0 Å². The first-order valence-electron chi connectivity index (χ1n) is 10.6. The Morgan fingerprint density at radius 2 is 1.58 bits per heavy atom. The molecule has 0 radical (unpaired) electrons. The third kappa shape index (κ3) is 6.07. The highest BCUT2D eigenvalue weighted by atomic mass is 16.5. The van der Waals surface area contributed by atoms with Crippen molar-refractivity contribution in [2.24, 2.45) is 0 Å². The van der Waals surface area contributed by atoms with Gasteiger partial charge in [-0.1, -0.05) is 30.3 Å². The van der Waals surface area contributed by atoms with Crippen LogP contribution in [-0.4, -0.2) is 67.4 Å². The number of hydrogen-bond acceptors (Lipinski definition) is 4. The number of amides is 3. The molecule has 0 spiro atoms. The molecule has 2 aromatic rings. The van der Waals surface area contributed by atoms with E-state index in [2.05, 4.69) is 5.32 Å². The van der Waals surface area contributed by atoms with E-state index < -0.39 is 0 Å². The molecule has 3 rings (SSSR count). The second-order valence-electron chi connectivity index (χ2n) is 7.45. The number of methoxy groups -OCH3 is 1. The first-order chi connectivity index (χ1) is 15.1. The smallest absolute Gasteiger partial charge is 0.257 e. The number of carbonyl (C=O) groups excluding carboxylic acids is 3. The van der Waals surface area contributed by atoms with Gasteiger partial charge in [0.05, 0.1) is 12.7 Å². The van der Waals surface area contributed by atoms with Crippen LogP contribution in [0.5, 0.6) is 5.75 Å². The minimum atomic E-state index is -0.131. The quantitative estimate of drug-likeness (QED) is 0.695. The lowest BCUT2D eigenvalue weighted by Crippen LogP contribution is -2.37. The first-order valence-corrected chi connectivity index (χ1v) is 10.6. The zero-order valence-electron chi connectivity index (χ0n) is 17.9. The topological polar surface area (TPSA) is 79.0 Å². The molecule has 0 saturated carbocycles. The van der Waals surface area contributed by atoms with E-state index in [1.165, 1.54) is 0 Å². The van der Waals surface area contributed by atoms with Crippen molar-refractivity contribution in [2.45, 2.75) is 19.3 Å². The lowest BCUT2D eigenvalue weighted by atomic mass is 10.1. The summed E-state index contributed by atoms with van der Waals surface area (Å²) in [4.78, 5) is 41.1. The molecule has 0 aromatic heterocycles. The number of nitrogens with one attached hydrogen (secondary N) is 1. The Balaban J connectivity index is 1.44. The second-order valence-corrected chi connectivity index (χ2v) is 7.45. The molecule has 3 amide bonds. The molecule has 31 heavy (non-hydrogen) atoms. The van der Waals surface area contributed by atoms with Gasteiger partial charge in [-0.15, -0.1) is 0 Å². The maximum atomic E-state index is 12.9. The molecule has 1 saturated heterocycles. The van der Waals surface area contributed by atoms with Crippen LogP contribution in [0, 0.1) is 0 Å². The van der Waals surface area contributed by atoms with Crippen LogP contribution in [0.25, 0.3) is 0 Å². The van der Waals surface area contributed by atoms with Crippen LogP contribution in [0.2, 0.25) is 0 Å². The van der Waals surface area contributed by atoms with Crippen molar-refractivity contribution in [3.8, 4) is 5.75 Å². The average molecular weight is 424 g/mol. The molecule has 1 heterocycles. The molecule has 0 bridgehead atoms. The third-order valence-electron chi connectivity index (χ3n) is 5.36. The lowest BCUT2D eigenvalue weighted by Gasteiger charge is -2.23. The number of ether oxygens (including phenoxy) is 1. The summed E-state index contributed by atoms with van der Waals surface area (Å²) in [6.07, 6.45) is 1.69. The molecule has 164 valence electrons. The zero-order chi connectivity index (χ0) is 22.1. The van der Waals surface area contributed by atoms with Crippen LogP contribution in [0.4, 0.5) is 0 Å². The van der Waals surface area contributed by atoms with E-state index in [9.17, 15) is 14.4 Å². The van der Waals surface area contributed by atoms with Gasteiger partial charge in [-0.05, 0) is 37.1 Å². The number of rotatable bonds is 7. The molecule has 2 aromatic carbocycles. The van der Waals surface area contributed by atoms with Crippen molar-refractivity contribution >= 4 is 17.7 Å². The summed E-state index contributed by atoms with van der Waals surface area (Å²) < 4.78 is 5.31. The normalized spacial score (nSPS) is 14.0. The van der Waals surface area contributed by atoms with Crippen molar-refractivity contribution in [3.63, 3.8) is 0 Å². The minimum Gasteiger partial charge on any atom is -0.496 e. The van der Waals surface area contributed by atoms with E-state index in [1.807, 2.05) is 35.2 Å². The Bertz CT molecular complexity index is 901. The van der Waals surface area contributed by atoms with Crippen LogP contribution < -0.4 is 10.1 Å². The molecule has 1 fully saturated rings. The van der Waals surface area contributed by atoms with Gasteiger partial charge in [0.15, 0.2) is 0 Å². The van der Waals surface area contributed by atoms with Gasteiger partial charge in [0.1, 0.15) is 5.75 Å². The van der Waals surface area contributed by atoms with E-state index in [4.69, 9.17) is 4.74 Å². The summed E-state index contributed by atoms with van der Waals surface area (Å²) in [6, 6.07) is 16.2. The third-order valence-corrected chi connectivity index (χ3v) is 5.36. The van der Waals surface area contributed by atoms with Crippen LogP contribution in [0.15, 0.2) is 54.6 Å². The Kier molecular flexibility index (Phi) is 8.04. The highest BCUT2D eigenvalue weighted by molar-refractivity contribution is 5.97. The Morgan fingerprint density at radius 1 is 0.903 bits per heavy atom. The summed E-state index contributed by atoms with van der Waals surface area (Å²) in [5.41, 5.74) is 1.15.